The van der Waals surface area contributed by atoms with E-state index < -0.39 is 11.8 Å². The fourth-order valence-electron chi connectivity index (χ4n) is 6.44. The van der Waals surface area contributed by atoms with Gasteiger partial charge in [0.15, 0.2) is 0 Å². The van der Waals surface area contributed by atoms with Crippen LogP contribution in [0.5, 0.6) is 5.75 Å². The zero-order valence-electron chi connectivity index (χ0n) is 19.2. The Hall–Kier alpha value is -2.87. The smallest absolute Gasteiger partial charge is 0.406 e. The van der Waals surface area contributed by atoms with Crippen LogP contribution in [0.1, 0.15) is 43.2 Å². The van der Waals surface area contributed by atoms with Crippen molar-refractivity contribution in [2.24, 2.45) is 5.41 Å². The van der Waals surface area contributed by atoms with Gasteiger partial charge in [-0.3, -0.25) is 10.2 Å². The number of carbonyl (C=O) groups excluding carboxylic acids is 1. The average Bonchev–Trinajstić information content (AvgIpc) is 3.19. The molecule has 1 aliphatic heterocycles. The normalized spacial score (nSPS) is 28.7. The number of rotatable bonds is 3. The van der Waals surface area contributed by atoms with Gasteiger partial charge in [-0.25, -0.2) is 0 Å². The van der Waals surface area contributed by atoms with Gasteiger partial charge in [0, 0.05) is 20.6 Å². The second kappa shape index (κ2) is 7.83. The Kier molecular flexibility index (Phi) is 5.28. The van der Waals surface area contributed by atoms with Crippen LogP contribution in [0.15, 0.2) is 42.5 Å². The van der Waals surface area contributed by atoms with E-state index in [1.807, 2.05) is 18.2 Å². The summed E-state index contributed by atoms with van der Waals surface area (Å²) < 4.78 is 47.9. The number of hydrogen-bond donors (Lipinski definition) is 1. The first-order chi connectivity index (χ1) is 16.1. The molecular weight excluding hydrogens is 445 g/mol. The maximum atomic E-state index is 13.8. The number of methoxy groups -OCH3 is 1. The van der Waals surface area contributed by atoms with E-state index in [4.69, 9.17) is 10.1 Å². The first-order valence-corrected chi connectivity index (χ1v) is 11.5. The predicted octanol–water partition coefficient (Wildman–Crippen LogP) is 5.46. The maximum Gasteiger partial charge on any atom is 0.573 e. The topological polar surface area (TPSA) is 62.6 Å². The number of ether oxygens (including phenoxy) is 2. The molecule has 1 N–H and O–H groups in total. The highest BCUT2D eigenvalue weighted by Gasteiger charge is 2.66. The summed E-state index contributed by atoms with van der Waals surface area (Å²) in [5, 5.41) is 8.48. The van der Waals surface area contributed by atoms with Gasteiger partial charge < -0.3 is 14.4 Å². The van der Waals surface area contributed by atoms with Crippen molar-refractivity contribution in [1.82, 2.24) is 4.90 Å². The maximum absolute atomic E-state index is 13.8. The molecule has 2 aromatic rings. The highest BCUT2D eigenvalue weighted by molar-refractivity contribution is 6.11. The molecule has 3 aliphatic rings. The Morgan fingerprint density at radius 2 is 1.76 bits per heavy atom. The molecule has 2 spiro atoms. The average molecular weight is 473 g/mol. The minimum Gasteiger partial charge on any atom is -0.406 e. The van der Waals surface area contributed by atoms with Crippen molar-refractivity contribution in [3.63, 3.8) is 0 Å². The van der Waals surface area contributed by atoms with E-state index in [9.17, 15) is 18.0 Å². The van der Waals surface area contributed by atoms with Gasteiger partial charge in [-0.15, -0.1) is 13.2 Å². The van der Waals surface area contributed by atoms with Gasteiger partial charge in [0.25, 0.3) is 0 Å². The minimum atomic E-state index is -4.77. The van der Waals surface area contributed by atoms with Gasteiger partial charge in [-0.2, -0.15) is 0 Å². The lowest BCUT2D eigenvalue weighted by atomic mass is 9.56. The second-order valence-corrected chi connectivity index (χ2v) is 9.73. The third kappa shape index (κ3) is 3.42. The summed E-state index contributed by atoms with van der Waals surface area (Å²) in [4.78, 5) is 15.3. The Balaban J connectivity index is 1.60. The summed E-state index contributed by atoms with van der Waals surface area (Å²) in [6.45, 7) is 0. The molecule has 0 aromatic heterocycles. The number of amides is 1. The zero-order chi connectivity index (χ0) is 24.3. The van der Waals surface area contributed by atoms with E-state index in [1.54, 1.807) is 20.2 Å². The lowest BCUT2D eigenvalue weighted by Crippen LogP contribution is -2.50. The molecule has 2 fully saturated rings. The molecule has 1 amide bonds. The van der Waals surface area contributed by atoms with Gasteiger partial charge in [-0.1, -0.05) is 24.3 Å². The Morgan fingerprint density at radius 1 is 1.06 bits per heavy atom. The monoisotopic (exact) mass is 472 g/mol. The number of amidine groups is 1. The van der Waals surface area contributed by atoms with Gasteiger partial charge in [-0.05, 0) is 78.0 Å². The van der Waals surface area contributed by atoms with Crippen molar-refractivity contribution in [3.8, 4) is 16.9 Å². The van der Waals surface area contributed by atoms with Crippen LogP contribution in [0.2, 0.25) is 0 Å². The highest BCUT2D eigenvalue weighted by atomic mass is 19.4. The molecule has 2 aliphatic carbocycles. The van der Waals surface area contributed by atoms with E-state index in [2.05, 4.69) is 4.74 Å². The highest BCUT2D eigenvalue weighted by Crippen LogP contribution is 2.63. The number of likely N-dealkylation sites (N-methyl/N-ethyl adjacent to an activating group) is 1. The molecule has 1 unspecified atom stereocenters. The van der Waals surface area contributed by atoms with Gasteiger partial charge >= 0.3 is 6.36 Å². The van der Waals surface area contributed by atoms with E-state index in [-0.39, 0.29) is 23.2 Å². The molecule has 0 radical (unpaired) electrons. The minimum absolute atomic E-state index is 0.0570. The molecule has 1 saturated carbocycles. The number of benzene rings is 2. The fraction of sp³-hybridized carbons (Fsp3) is 0.462. The number of alkyl halides is 3. The van der Waals surface area contributed by atoms with Crippen molar-refractivity contribution in [3.05, 3.63) is 53.6 Å². The number of fused-ring (bicyclic) bond motifs is 3. The summed E-state index contributed by atoms with van der Waals surface area (Å²) in [7, 11) is 3.38. The molecule has 5 rings (SSSR count). The molecular formula is C26H27F3N2O3. The number of nitrogens with one attached hydrogen (secondary N) is 1. The van der Waals surface area contributed by atoms with E-state index in [1.165, 1.54) is 23.1 Å². The first-order valence-electron chi connectivity index (χ1n) is 11.5. The summed E-state index contributed by atoms with van der Waals surface area (Å²) in [6, 6.07) is 11.7. The van der Waals surface area contributed by atoms with Gasteiger partial charge in [0.05, 0.1) is 11.5 Å². The first kappa shape index (κ1) is 22.9. The second-order valence-electron chi connectivity index (χ2n) is 9.73. The van der Waals surface area contributed by atoms with Crippen molar-refractivity contribution in [1.29, 1.82) is 5.41 Å². The van der Waals surface area contributed by atoms with Crippen molar-refractivity contribution >= 4 is 11.7 Å². The van der Waals surface area contributed by atoms with Crippen molar-refractivity contribution < 1.29 is 27.4 Å². The molecule has 1 heterocycles. The molecule has 34 heavy (non-hydrogen) atoms. The molecule has 1 atom stereocenters. The number of hydrogen-bond acceptors (Lipinski definition) is 4. The van der Waals surface area contributed by atoms with Crippen LogP contribution in [-0.2, 0) is 21.4 Å². The number of likely N-dealkylation sites (tertiary alicyclic amines) is 1. The van der Waals surface area contributed by atoms with Crippen molar-refractivity contribution in [2.75, 3.05) is 14.2 Å². The Bertz CT molecular complexity index is 1150. The van der Waals surface area contributed by atoms with Crippen molar-refractivity contribution in [2.45, 2.75) is 56.4 Å². The molecule has 180 valence electrons. The third-order valence-electron chi connectivity index (χ3n) is 8.14. The number of nitrogens with zero attached hydrogens (tertiary/aromatic N) is 1. The lowest BCUT2D eigenvalue weighted by Gasteiger charge is -2.46. The van der Waals surface area contributed by atoms with Crippen LogP contribution < -0.4 is 4.74 Å². The summed E-state index contributed by atoms with van der Waals surface area (Å²) >= 11 is 0. The molecule has 5 nitrogen and oxygen atoms in total. The predicted molar refractivity (Wildman–Crippen MR) is 121 cm³/mol. The van der Waals surface area contributed by atoms with Crippen LogP contribution in [0.25, 0.3) is 11.1 Å². The number of carbonyl (C=O) groups is 1. The summed E-state index contributed by atoms with van der Waals surface area (Å²) in [6.07, 6.45) is -0.117. The molecule has 8 heteroatoms. The van der Waals surface area contributed by atoms with Crippen LogP contribution in [0.4, 0.5) is 13.2 Å². The fourth-order valence-corrected chi connectivity index (χ4v) is 6.44. The lowest BCUT2D eigenvalue weighted by molar-refractivity contribution is -0.274. The Morgan fingerprint density at radius 3 is 2.38 bits per heavy atom. The van der Waals surface area contributed by atoms with E-state index in [0.29, 0.717) is 17.8 Å². The Labute approximate surface area is 196 Å². The molecule has 2 aromatic carbocycles. The van der Waals surface area contributed by atoms with Crippen LogP contribution in [-0.4, -0.2) is 43.3 Å². The zero-order valence-corrected chi connectivity index (χ0v) is 19.2. The molecule has 0 bridgehead atoms. The van der Waals surface area contributed by atoms with Gasteiger partial charge in [0.2, 0.25) is 5.91 Å². The van der Waals surface area contributed by atoms with Crippen LogP contribution in [0, 0.1) is 10.8 Å². The summed E-state index contributed by atoms with van der Waals surface area (Å²) in [5.74, 6) is -0.0384. The van der Waals surface area contributed by atoms with Crippen LogP contribution in [0.3, 0.4) is 0 Å². The quantitative estimate of drug-likeness (QED) is 0.645. The largest absolute Gasteiger partial charge is 0.573 e. The van der Waals surface area contributed by atoms with Crippen LogP contribution >= 0.6 is 0 Å². The standard InChI is InChI=1S/C26H27F3N2O3/c1-31-22(30)15-25(23(31)32)21-13-17(16-4-3-5-20(12-16)34-26(27,28)29)6-7-18(21)14-24(25)10-8-19(33-2)9-11-24/h3-7,12-13,19,30H,8-11,14-15H2,1-2H3. The third-order valence-corrected chi connectivity index (χ3v) is 8.14. The SMILES string of the molecule is COC1CCC2(CC1)Cc1ccc(-c3cccc(OC(F)(F)F)c3)cc1C21CC(=N)N(C)C1=O. The van der Waals surface area contributed by atoms with E-state index >= 15 is 0 Å². The summed E-state index contributed by atoms with van der Waals surface area (Å²) in [5.41, 5.74) is 2.17. The van der Waals surface area contributed by atoms with E-state index in [0.717, 1.165) is 48.8 Å². The number of halogens is 3. The van der Waals surface area contributed by atoms with Gasteiger partial charge in [0.1, 0.15) is 11.6 Å². The molecule has 1 saturated heterocycles.